The predicted octanol–water partition coefficient (Wildman–Crippen LogP) is 3.45. The SMILES string of the molecule is Cc1nc(Cl)c(C)c(Oc2ccc([N+](=O)[O-])cc2)n1. The minimum atomic E-state index is -0.471. The van der Waals surface area contributed by atoms with Gasteiger partial charge in [0, 0.05) is 17.7 Å². The Hall–Kier alpha value is -2.21. The zero-order valence-electron chi connectivity index (χ0n) is 10.3. The molecule has 2 aromatic rings. The molecule has 0 aliphatic carbocycles. The smallest absolute Gasteiger partial charge is 0.269 e. The lowest BCUT2D eigenvalue weighted by Crippen LogP contribution is -1.97. The van der Waals surface area contributed by atoms with E-state index in [1.165, 1.54) is 24.3 Å². The molecule has 6 nitrogen and oxygen atoms in total. The lowest BCUT2D eigenvalue weighted by molar-refractivity contribution is -0.384. The average Bonchev–Trinajstić information content (AvgIpc) is 2.36. The second-order valence-electron chi connectivity index (χ2n) is 3.84. The minimum absolute atomic E-state index is 0.000900. The molecule has 0 bridgehead atoms. The summed E-state index contributed by atoms with van der Waals surface area (Å²) in [5.41, 5.74) is 0.617. The highest BCUT2D eigenvalue weighted by Crippen LogP contribution is 2.27. The first-order valence-corrected chi connectivity index (χ1v) is 5.78. The van der Waals surface area contributed by atoms with Gasteiger partial charge in [0.25, 0.3) is 5.69 Å². The minimum Gasteiger partial charge on any atom is -0.439 e. The van der Waals surface area contributed by atoms with Gasteiger partial charge in [-0.05, 0) is 26.0 Å². The van der Waals surface area contributed by atoms with Crippen molar-refractivity contribution in [2.75, 3.05) is 0 Å². The normalized spacial score (nSPS) is 10.3. The highest BCUT2D eigenvalue weighted by molar-refractivity contribution is 6.30. The molecule has 0 amide bonds. The number of benzene rings is 1. The first kappa shape index (κ1) is 13.2. The van der Waals surface area contributed by atoms with E-state index in [9.17, 15) is 10.1 Å². The number of halogens is 1. The van der Waals surface area contributed by atoms with Gasteiger partial charge in [-0.15, -0.1) is 0 Å². The van der Waals surface area contributed by atoms with Gasteiger partial charge in [0.1, 0.15) is 16.7 Å². The standard InChI is InChI=1S/C12H10ClN3O3/c1-7-11(13)14-8(2)15-12(7)19-10-5-3-9(4-6-10)16(17)18/h3-6H,1-2H3. The van der Waals surface area contributed by atoms with Crippen LogP contribution in [0.2, 0.25) is 5.15 Å². The van der Waals surface area contributed by atoms with Gasteiger partial charge in [-0.1, -0.05) is 11.6 Å². The van der Waals surface area contributed by atoms with Crippen molar-refractivity contribution >= 4 is 17.3 Å². The summed E-state index contributed by atoms with van der Waals surface area (Å²) in [6.45, 7) is 3.44. The maximum absolute atomic E-state index is 10.5. The number of hydrogen-bond donors (Lipinski definition) is 0. The quantitative estimate of drug-likeness (QED) is 0.488. The second kappa shape index (κ2) is 5.19. The zero-order chi connectivity index (χ0) is 14.0. The maximum Gasteiger partial charge on any atom is 0.269 e. The van der Waals surface area contributed by atoms with Crippen molar-refractivity contribution in [2.45, 2.75) is 13.8 Å². The number of non-ortho nitro benzene ring substituents is 1. The fourth-order valence-electron chi connectivity index (χ4n) is 1.42. The van der Waals surface area contributed by atoms with Gasteiger partial charge in [0.2, 0.25) is 5.88 Å². The van der Waals surface area contributed by atoms with Gasteiger partial charge >= 0.3 is 0 Å². The van der Waals surface area contributed by atoms with Crippen LogP contribution in [-0.2, 0) is 0 Å². The number of hydrogen-bond acceptors (Lipinski definition) is 5. The van der Waals surface area contributed by atoms with Crippen LogP contribution in [0.4, 0.5) is 5.69 Å². The van der Waals surface area contributed by atoms with Gasteiger partial charge in [0.05, 0.1) is 4.92 Å². The third kappa shape index (κ3) is 2.97. The van der Waals surface area contributed by atoms with Gasteiger partial charge < -0.3 is 4.74 Å². The Labute approximate surface area is 114 Å². The molecule has 0 radical (unpaired) electrons. The molecule has 98 valence electrons. The molecule has 2 rings (SSSR count). The van der Waals surface area contributed by atoms with E-state index in [-0.39, 0.29) is 5.69 Å². The molecule has 0 N–H and O–H groups in total. The van der Waals surface area contributed by atoms with E-state index in [1.807, 2.05) is 0 Å². The molecule has 1 heterocycles. The molecular formula is C12H10ClN3O3. The van der Waals surface area contributed by atoms with Gasteiger partial charge in [-0.3, -0.25) is 10.1 Å². The Bertz CT molecular complexity index is 629. The number of rotatable bonds is 3. The molecule has 1 aromatic carbocycles. The summed E-state index contributed by atoms with van der Waals surface area (Å²) in [6.07, 6.45) is 0. The van der Waals surface area contributed by atoms with Crippen molar-refractivity contribution in [1.82, 2.24) is 9.97 Å². The monoisotopic (exact) mass is 279 g/mol. The van der Waals surface area contributed by atoms with Crippen LogP contribution in [0.15, 0.2) is 24.3 Å². The molecule has 7 heteroatoms. The summed E-state index contributed by atoms with van der Waals surface area (Å²) in [6, 6.07) is 5.73. The second-order valence-corrected chi connectivity index (χ2v) is 4.20. The number of nitro groups is 1. The van der Waals surface area contributed by atoms with Crippen LogP contribution < -0.4 is 4.74 Å². The van der Waals surface area contributed by atoms with Crippen molar-refractivity contribution < 1.29 is 9.66 Å². The zero-order valence-corrected chi connectivity index (χ0v) is 11.0. The molecule has 0 unspecified atom stereocenters. The Kier molecular flexibility index (Phi) is 3.62. The van der Waals surface area contributed by atoms with Crippen molar-refractivity contribution in [3.63, 3.8) is 0 Å². The van der Waals surface area contributed by atoms with Crippen LogP contribution in [0.3, 0.4) is 0 Å². The van der Waals surface area contributed by atoms with Gasteiger partial charge in [-0.2, -0.15) is 4.98 Å². The van der Waals surface area contributed by atoms with Gasteiger partial charge in [0.15, 0.2) is 0 Å². The molecule has 0 aliphatic rings. The van der Waals surface area contributed by atoms with E-state index in [1.54, 1.807) is 13.8 Å². The summed E-state index contributed by atoms with van der Waals surface area (Å²) < 4.78 is 5.55. The van der Waals surface area contributed by atoms with E-state index in [0.717, 1.165) is 0 Å². The van der Waals surface area contributed by atoms with E-state index >= 15 is 0 Å². The fraction of sp³-hybridized carbons (Fsp3) is 0.167. The largest absolute Gasteiger partial charge is 0.439 e. The van der Waals surface area contributed by atoms with Crippen molar-refractivity contribution in [3.8, 4) is 11.6 Å². The number of ether oxygens (including phenoxy) is 1. The van der Waals surface area contributed by atoms with Crippen LogP contribution in [0.1, 0.15) is 11.4 Å². The number of nitro benzene ring substituents is 1. The van der Waals surface area contributed by atoms with Crippen LogP contribution in [-0.4, -0.2) is 14.9 Å². The summed E-state index contributed by atoms with van der Waals surface area (Å²) >= 11 is 5.93. The Morgan fingerprint density at radius 1 is 1.21 bits per heavy atom. The molecule has 1 aromatic heterocycles. The third-order valence-electron chi connectivity index (χ3n) is 2.42. The van der Waals surface area contributed by atoms with E-state index in [2.05, 4.69) is 9.97 Å². The molecule has 0 aliphatic heterocycles. The summed E-state index contributed by atoms with van der Waals surface area (Å²) in [4.78, 5) is 18.2. The van der Waals surface area contributed by atoms with Crippen LogP contribution in [0.25, 0.3) is 0 Å². The molecule has 0 fully saturated rings. The van der Waals surface area contributed by atoms with Crippen LogP contribution in [0.5, 0.6) is 11.6 Å². The van der Waals surface area contributed by atoms with E-state index < -0.39 is 4.92 Å². The van der Waals surface area contributed by atoms with Crippen LogP contribution >= 0.6 is 11.6 Å². The van der Waals surface area contributed by atoms with E-state index in [4.69, 9.17) is 16.3 Å². The summed E-state index contributed by atoms with van der Waals surface area (Å²) in [5, 5.41) is 10.9. The van der Waals surface area contributed by atoms with Crippen LogP contribution in [0, 0.1) is 24.0 Å². The highest BCUT2D eigenvalue weighted by atomic mass is 35.5. The number of aromatic nitrogens is 2. The number of aryl methyl sites for hydroxylation is 1. The first-order chi connectivity index (χ1) is 8.97. The Morgan fingerprint density at radius 2 is 1.84 bits per heavy atom. The molecular weight excluding hydrogens is 270 g/mol. The topological polar surface area (TPSA) is 78.2 Å². The average molecular weight is 280 g/mol. The maximum atomic E-state index is 10.5. The molecule has 0 saturated carbocycles. The van der Waals surface area contributed by atoms with Crippen molar-refractivity contribution in [1.29, 1.82) is 0 Å². The lowest BCUT2D eigenvalue weighted by Gasteiger charge is -2.08. The molecule has 0 atom stereocenters. The van der Waals surface area contributed by atoms with Crippen molar-refractivity contribution in [2.24, 2.45) is 0 Å². The Morgan fingerprint density at radius 3 is 2.42 bits per heavy atom. The fourth-order valence-corrected chi connectivity index (χ4v) is 1.62. The Balaban J connectivity index is 2.28. The first-order valence-electron chi connectivity index (χ1n) is 5.40. The molecule has 0 spiro atoms. The highest BCUT2D eigenvalue weighted by Gasteiger charge is 2.11. The molecule has 0 saturated heterocycles. The predicted molar refractivity (Wildman–Crippen MR) is 69.7 cm³/mol. The summed E-state index contributed by atoms with van der Waals surface area (Å²) in [7, 11) is 0. The summed E-state index contributed by atoms with van der Waals surface area (Å²) in [5.74, 6) is 1.28. The van der Waals surface area contributed by atoms with Crippen molar-refractivity contribution in [3.05, 3.63) is 50.9 Å². The lowest BCUT2D eigenvalue weighted by atomic mass is 10.3. The van der Waals surface area contributed by atoms with Gasteiger partial charge in [-0.25, -0.2) is 4.98 Å². The third-order valence-corrected chi connectivity index (χ3v) is 2.78. The van der Waals surface area contributed by atoms with E-state index in [0.29, 0.717) is 28.2 Å². The molecule has 19 heavy (non-hydrogen) atoms. The number of nitrogens with zero attached hydrogens (tertiary/aromatic N) is 3.